The van der Waals surface area contributed by atoms with E-state index in [0.29, 0.717) is 23.6 Å². The molecule has 0 aliphatic rings. The number of rotatable bonds is 15. The first-order valence-corrected chi connectivity index (χ1v) is 22.9. The van der Waals surface area contributed by atoms with Crippen LogP contribution in [0.15, 0.2) is 54.6 Å². The van der Waals surface area contributed by atoms with Gasteiger partial charge >= 0.3 is 24.1 Å². The first-order valence-electron chi connectivity index (χ1n) is 17.4. The third-order valence-corrected chi connectivity index (χ3v) is 8.52. The summed E-state index contributed by atoms with van der Waals surface area (Å²) < 4.78 is 63.2. The van der Waals surface area contributed by atoms with Crippen molar-refractivity contribution in [2.45, 2.75) is 52.4 Å². The van der Waals surface area contributed by atoms with Crippen molar-refractivity contribution in [3.63, 3.8) is 0 Å². The van der Waals surface area contributed by atoms with Crippen LogP contribution in [0.5, 0.6) is 11.5 Å². The molecule has 0 aromatic heterocycles. The molecule has 0 radical (unpaired) electrons. The summed E-state index contributed by atoms with van der Waals surface area (Å²) >= 11 is 17.5. The van der Waals surface area contributed by atoms with Gasteiger partial charge in [-0.1, -0.05) is 48.3 Å². The largest absolute Gasteiger partial charge is 0.778 e. The summed E-state index contributed by atoms with van der Waals surface area (Å²) in [5.74, 6) is -3.67. The van der Waals surface area contributed by atoms with Crippen LogP contribution >= 0.6 is 42.4 Å². The number of benzene rings is 3. The van der Waals surface area contributed by atoms with Gasteiger partial charge in [-0.15, -0.1) is 11.6 Å². The van der Waals surface area contributed by atoms with Crippen molar-refractivity contribution in [3.8, 4) is 11.5 Å². The molecule has 0 saturated heterocycles. The second-order valence-electron chi connectivity index (χ2n) is 12.8. The first kappa shape index (κ1) is 56.4. The highest BCUT2D eigenvalue weighted by atomic mass is 35.5. The number of aliphatic carboxylic acids is 2. The van der Waals surface area contributed by atoms with E-state index >= 15 is 0 Å². The molecule has 0 aliphatic heterocycles. The predicted octanol–water partition coefficient (Wildman–Crippen LogP) is 7.26. The van der Waals surface area contributed by atoms with Crippen LogP contribution in [-0.4, -0.2) is 102 Å². The lowest BCUT2D eigenvalue weighted by molar-refractivity contribution is -0.193. The van der Waals surface area contributed by atoms with Crippen LogP contribution < -0.4 is 19.8 Å². The smallest absolute Gasteiger partial charge is 0.416 e. The monoisotopic (exact) mass is 950 g/mol. The third kappa shape index (κ3) is 21.8. The Balaban J connectivity index is 0.000000912. The molecule has 4 N–H and O–H groups in total. The fourth-order valence-corrected chi connectivity index (χ4v) is 5.45. The second kappa shape index (κ2) is 27.4. The normalized spacial score (nSPS) is 12.8. The highest BCUT2D eigenvalue weighted by Gasteiger charge is 2.31. The molecule has 3 aromatic carbocycles. The van der Waals surface area contributed by atoms with Crippen molar-refractivity contribution in [3.05, 3.63) is 86.9 Å². The summed E-state index contributed by atoms with van der Waals surface area (Å²) in [5.41, 5.74) is 2.09. The minimum Gasteiger partial charge on any atom is -0.778 e. The van der Waals surface area contributed by atoms with Crippen LogP contribution in [-0.2, 0) is 51.9 Å². The lowest BCUT2D eigenvalue weighted by atomic mass is 10.0. The Morgan fingerprint density at radius 3 is 2.07 bits per heavy atom. The highest BCUT2D eigenvalue weighted by molar-refractivity contribution is 7.94. The summed E-state index contributed by atoms with van der Waals surface area (Å²) in [6.45, 7) is 7.24. The molecule has 0 fully saturated rings. The van der Waals surface area contributed by atoms with Crippen molar-refractivity contribution < 1.29 is 71.1 Å². The van der Waals surface area contributed by atoms with E-state index in [1.807, 2.05) is 31.3 Å². The zero-order valence-electron chi connectivity index (χ0n) is 34.0. The molecule has 3 rings (SSSR count). The maximum atomic E-state index is 12.7. The van der Waals surface area contributed by atoms with Crippen molar-refractivity contribution in [2.24, 2.45) is 0 Å². The van der Waals surface area contributed by atoms with Gasteiger partial charge in [0.15, 0.2) is 6.10 Å². The molecule has 336 valence electrons. The van der Waals surface area contributed by atoms with Gasteiger partial charge in [-0.25, -0.2) is 9.59 Å². The van der Waals surface area contributed by atoms with Gasteiger partial charge in [-0.3, -0.25) is 14.9 Å². The second-order valence-corrected chi connectivity index (χ2v) is 17.9. The fraction of sp³-hybridized carbons (Fsp3) is 0.421. The quantitative estimate of drug-likeness (QED) is 0.0512. The van der Waals surface area contributed by atoms with Crippen LogP contribution in [0.4, 0.5) is 18.9 Å². The number of amides is 1. The van der Waals surface area contributed by atoms with E-state index in [4.69, 9.17) is 64.1 Å². The topological polar surface area (TPSA) is 212 Å². The van der Waals surface area contributed by atoms with Gasteiger partial charge in [0.1, 0.15) is 25.0 Å². The number of carboxylic acid groups (broad SMARTS) is 2. The molecular weight excluding hydrogens is 903 g/mol. The van der Waals surface area contributed by atoms with E-state index in [2.05, 4.69) is 31.8 Å². The van der Waals surface area contributed by atoms with Crippen LogP contribution in [0.3, 0.4) is 0 Å². The van der Waals surface area contributed by atoms with Crippen molar-refractivity contribution >= 4 is 82.8 Å². The Labute approximate surface area is 364 Å². The van der Waals surface area contributed by atoms with Crippen molar-refractivity contribution in [2.75, 3.05) is 56.1 Å². The molecular formula is C38H49Cl3F3N2O12PS. The van der Waals surface area contributed by atoms with E-state index < -0.39 is 56.2 Å². The van der Waals surface area contributed by atoms with E-state index in [1.54, 1.807) is 12.0 Å². The van der Waals surface area contributed by atoms with E-state index in [1.165, 1.54) is 12.1 Å². The lowest BCUT2D eigenvalue weighted by Gasteiger charge is -2.31. The number of para-hydroxylation sites is 1. The van der Waals surface area contributed by atoms with Gasteiger partial charge in [0.25, 0.3) is 0 Å². The number of carboxylic acids is 2. The molecule has 14 nitrogen and oxygen atoms in total. The average Bonchev–Trinajstić information content (AvgIpc) is 3.13. The Bertz CT molecular complexity index is 1920. The summed E-state index contributed by atoms with van der Waals surface area (Å²) in [6.07, 6.45) is 0.796. The maximum absolute atomic E-state index is 12.7. The Morgan fingerprint density at radius 2 is 1.60 bits per heavy atom. The zero-order chi connectivity index (χ0) is 46.5. The SMILES string of the molecule is CCc1cccc(C)c1N(C(=O)CCl)C(C)COC.C[C@H](OC(=O)c1cc(Oc2ccc(C(F)(F)F)cc2Cl)ccc1Cl)C(=O)O.C[S+](C)C.O=C(O)CNCP(=O)([O-])O. The van der Waals surface area contributed by atoms with Crippen LogP contribution in [0.1, 0.15) is 47.8 Å². The van der Waals surface area contributed by atoms with Gasteiger partial charge < -0.3 is 43.7 Å². The van der Waals surface area contributed by atoms with E-state index in [9.17, 15) is 41.8 Å². The van der Waals surface area contributed by atoms with Crippen LogP contribution in [0, 0.1) is 6.92 Å². The Morgan fingerprint density at radius 1 is 1.00 bits per heavy atom. The standard InChI is InChI=1S/C17H11Cl2F3O5.C15H22ClNO2.C3H8NO5P.C3H9S/c1-8(15(23)24)26-16(25)11-7-10(3-4-12(11)18)27-14-5-2-9(6-13(14)19)17(20,21)22;1-5-13-8-6-7-11(2)15(13)17(14(18)9-16)12(3)10-19-4;5-3(6)1-4-2-10(7,8)9;1-4(2)3/h2-8H,1H3,(H,23,24);6-8,12H,5,9-10H2,1-4H3;4H,1-2H2,(H,5,6)(H2,7,8,9);1-3H3/q;;;+1/p-1/t8-;;;/m0.../s1. The number of methoxy groups -OCH3 is 1. The fourth-order valence-electron chi connectivity index (χ4n) is 4.51. The molecule has 3 aromatic rings. The number of hydrogen-bond acceptors (Lipinski definition) is 10. The minimum absolute atomic E-state index is 0.0223. The Hall–Kier alpha value is -3.58. The lowest BCUT2D eigenvalue weighted by Crippen LogP contribution is -2.43. The van der Waals surface area contributed by atoms with Gasteiger partial charge in [0.05, 0.1) is 71.1 Å². The summed E-state index contributed by atoms with van der Waals surface area (Å²) in [4.78, 5) is 64.5. The van der Waals surface area contributed by atoms with E-state index in [0.717, 1.165) is 48.4 Å². The number of carbonyl (C=O) groups is 4. The minimum atomic E-state index is -4.56. The molecule has 1 amide bonds. The number of alkyl halides is 4. The number of nitrogens with zero attached hydrogens (tertiary/aromatic N) is 1. The zero-order valence-corrected chi connectivity index (χ0v) is 38.0. The molecule has 0 bridgehead atoms. The number of ether oxygens (including phenoxy) is 3. The van der Waals surface area contributed by atoms with Crippen molar-refractivity contribution in [1.82, 2.24) is 5.32 Å². The highest BCUT2D eigenvalue weighted by Crippen LogP contribution is 2.37. The number of nitrogens with one attached hydrogen (secondary N) is 1. The first-order chi connectivity index (χ1) is 27.7. The molecule has 0 saturated carbocycles. The molecule has 0 heterocycles. The maximum Gasteiger partial charge on any atom is 0.416 e. The van der Waals surface area contributed by atoms with Crippen LogP contribution in [0.25, 0.3) is 0 Å². The van der Waals surface area contributed by atoms with Crippen LogP contribution in [0.2, 0.25) is 10.0 Å². The number of hydrogen-bond donors (Lipinski definition) is 4. The number of aryl methyl sites for hydroxylation is 2. The summed E-state index contributed by atoms with van der Waals surface area (Å²) in [6, 6.07) is 12.4. The summed E-state index contributed by atoms with van der Waals surface area (Å²) in [5, 5.41) is 18.4. The molecule has 3 atom stereocenters. The molecule has 22 heteroatoms. The number of anilines is 1. The molecule has 60 heavy (non-hydrogen) atoms. The average molecular weight is 952 g/mol. The van der Waals surface area contributed by atoms with Gasteiger partial charge in [0.2, 0.25) is 5.91 Å². The Kier molecular flexibility index (Phi) is 25.7. The van der Waals surface area contributed by atoms with E-state index in [-0.39, 0.29) is 44.9 Å². The summed E-state index contributed by atoms with van der Waals surface area (Å²) in [7, 11) is -2.07. The van der Waals surface area contributed by atoms with Gasteiger partial charge in [-0.05, 0) is 85.6 Å². The van der Waals surface area contributed by atoms with Gasteiger partial charge in [-0.2, -0.15) is 13.2 Å². The number of carbonyl (C=O) groups excluding carboxylic acids is 2. The molecule has 0 spiro atoms. The predicted molar refractivity (Wildman–Crippen MR) is 226 cm³/mol. The van der Waals surface area contributed by atoms with Crippen molar-refractivity contribution in [1.29, 1.82) is 0 Å². The number of esters is 1. The molecule has 2 unspecified atom stereocenters. The van der Waals surface area contributed by atoms with Gasteiger partial charge in [0, 0.05) is 7.11 Å². The third-order valence-electron chi connectivity index (χ3n) is 7.04. The number of halogens is 6. The molecule has 0 aliphatic carbocycles.